The molecule has 0 atom stereocenters. The topological polar surface area (TPSA) is 124 Å². The number of rotatable bonds is 8. The second-order valence-corrected chi connectivity index (χ2v) is 10.3. The summed E-state index contributed by atoms with van der Waals surface area (Å²) in [6, 6.07) is 9.63. The van der Waals surface area contributed by atoms with Gasteiger partial charge in [0, 0.05) is 24.0 Å². The number of hydrogen-bond acceptors (Lipinski definition) is 9. The van der Waals surface area contributed by atoms with E-state index >= 15 is 0 Å². The Bertz CT molecular complexity index is 1350. The Labute approximate surface area is 210 Å². The maximum atomic E-state index is 13.1. The molecule has 1 saturated heterocycles. The molecule has 1 fully saturated rings. The van der Waals surface area contributed by atoms with Gasteiger partial charge in [0.05, 0.1) is 31.6 Å². The number of nitrogens with zero attached hydrogens (tertiary/aromatic N) is 2. The lowest BCUT2D eigenvalue weighted by atomic mass is 10.2. The Morgan fingerprint density at radius 1 is 1.17 bits per heavy atom. The fourth-order valence-corrected chi connectivity index (χ4v) is 5.71. The molecule has 0 unspecified atom stereocenters. The van der Waals surface area contributed by atoms with Crippen LogP contribution in [0.2, 0.25) is 0 Å². The maximum Gasteiger partial charge on any atom is 0.338 e. The smallest absolute Gasteiger partial charge is 0.338 e. The molecular formula is C23H22FN3O7S2. The number of carbonyl (C=O) groups excluding carboxylic acids is 2. The van der Waals surface area contributed by atoms with Gasteiger partial charge in [0.1, 0.15) is 16.5 Å². The SMILES string of the molecule is COc1ccc(C(=O)OCC(=O)Nc2nc(-c3ccc(F)cc3)cs2)cc1S(=O)(=O)N1CCOCC1. The van der Waals surface area contributed by atoms with Gasteiger partial charge in [-0.25, -0.2) is 22.6 Å². The molecule has 2 heterocycles. The molecule has 2 aromatic carbocycles. The predicted octanol–water partition coefficient (Wildman–Crippen LogP) is 2.77. The largest absolute Gasteiger partial charge is 0.495 e. The minimum atomic E-state index is -3.94. The standard InChI is InChI=1S/C23H22FN3O7S2/c1-32-19-7-4-16(12-20(19)36(30,31)27-8-10-33-11-9-27)22(29)34-13-21(28)26-23-25-18(14-35-23)15-2-5-17(24)6-3-15/h2-7,12,14H,8-11,13H2,1H3,(H,25,26,28). The van der Waals surface area contributed by atoms with Crippen LogP contribution in [0.25, 0.3) is 11.3 Å². The summed E-state index contributed by atoms with van der Waals surface area (Å²) < 4.78 is 56.0. The van der Waals surface area contributed by atoms with Crippen LogP contribution in [0.1, 0.15) is 10.4 Å². The second kappa shape index (κ2) is 11.1. The number of carbonyl (C=O) groups is 2. The summed E-state index contributed by atoms with van der Waals surface area (Å²) >= 11 is 1.16. The third-order valence-corrected chi connectivity index (χ3v) is 7.89. The lowest BCUT2D eigenvalue weighted by Crippen LogP contribution is -2.40. The van der Waals surface area contributed by atoms with Crippen LogP contribution in [-0.2, 0) is 24.3 Å². The molecule has 10 nitrogen and oxygen atoms in total. The van der Waals surface area contributed by atoms with Gasteiger partial charge < -0.3 is 14.2 Å². The van der Waals surface area contributed by atoms with E-state index in [1.54, 1.807) is 17.5 Å². The van der Waals surface area contributed by atoms with Crippen molar-refractivity contribution >= 4 is 38.4 Å². The number of methoxy groups -OCH3 is 1. The van der Waals surface area contributed by atoms with Gasteiger partial charge in [0.2, 0.25) is 10.0 Å². The molecule has 0 aliphatic carbocycles. The molecule has 1 N–H and O–H groups in total. The Balaban J connectivity index is 1.40. The van der Waals surface area contributed by atoms with E-state index in [0.29, 0.717) is 11.3 Å². The average Bonchev–Trinajstić information content (AvgIpc) is 3.36. The van der Waals surface area contributed by atoms with Gasteiger partial charge in [0.15, 0.2) is 11.7 Å². The lowest BCUT2D eigenvalue weighted by molar-refractivity contribution is -0.119. The molecule has 4 rings (SSSR count). The summed E-state index contributed by atoms with van der Waals surface area (Å²) in [5.41, 5.74) is 1.18. The molecule has 13 heteroatoms. The summed E-state index contributed by atoms with van der Waals surface area (Å²) in [6.45, 7) is 0.285. The van der Waals surface area contributed by atoms with E-state index in [0.717, 1.165) is 11.3 Å². The third-order valence-electron chi connectivity index (χ3n) is 5.21. The van der Waals surface area contributed by atoms with Crippen molar-refractivity contribution in [2.75, 3.05) is 45.3 Å². The van der Waals surface area contributed by atoms with E-state index in [2.05, 4.69) is 10.3 Å². The monoisotopic (exact) mass is 535 g/mol. The highest BCUT2D eigenvalue weighted by atomic mass is 32.2. The fourth-order valence-electron chi connectivity index (χ4n) is 3.39. The summed E-state index contributed by atoms with van der Waals surface area (Å²) in [5, 5.41) is 4.50. The molecule has 0 spiro atoms. The van der Waals surface area contributed by atoms with Crippen molar-refractivity contribution in [3.8, 4) is 17.0 Å². The molecule has 1 aromatic heterocycles. The molecule has 1 aliphatic heterocycles. The van der Waals surface area contributed by atoms with Gasteiger partial charge in [0.25, 0.3) is 5.91 Å². The fraction of sp³-hybridized carbons (Fsp3) is 0.261. The number of morpholine rings is 1. The van der Waals surface area contributed by atoms with Crippen LogP contribution >= 0.6 is 11.3 Å². The molecule has 0 radical (unpaired) electrons. The van der Waals surface area contributed by atoms with Gasteiger partial charge in [-0.15, -0.1) is 11.3 Å². The Morgan fingerprint density at radius 2 is 1.89 bits per heavy atom. The zero-order valence-electron chi connectivity index (χ0n) is 19.1. The summed E-state index contributed by atoms with van der Waals surface area (Å²) in [4.78, 5) is 28.9. The first-order valence-corrected chi connectivity index (χ1v) is 13.0. The van der Waals surface area contributed by atoms with Crippen LogP contribution < -0.4 is 10.1 Å². The number of hydrogen-bond donors (Lipinski definition) is 1. The number of amides is 1. The lowest BCUT2D eigenvalue weighted by Gasteiger charge is -2.26. The Hall–Kier alpha value is -3.39. The first kappa shape index (κ1) is 25.7. The minimum Gasteiger partial charge on any atom is -0.495 e. The van der Waals surface area contributed by atoms with Crippen LogP contribution in [-0.4, -0.2) is 69.6 Å². The van der Waals surface area contributed by atoms with Crippen molar-refractivity contribution in [3.63, 3.8) is 0 Å². The number of esters is 1. The van der Waals surface area contributed by atoms with Crippen LogP contribution in [0.5, 0.6) is 5.75 Å². The highest BCUT2D eigenvalue weighted by molar-refractivity contribution is 7.89. The summed E-state index contributed by atoms with van der Waals surface area (Å²) in [5.74, 6) is -1.79. The van der Waals surface area contributed by atoms with Crippen LogP contribution in [0.15, 0.2) is 52.7 Å². The first-order chi connectivity index (χ1) is 17.3. The van der Waals surface area contributed by atoms with Crippen LogP contribution in [0.3, 0.4) is 0 Å². The van der Waals surface area contributed by atoms with Gasteiger partial charge in [-0.05, 0) is 42.5 Å². The van der Waals surface area contributed by atoms with E-state index in [1.165, 1.54) is 41.7 Å². The third kappa shape index (κ3) is 5.87. The second-order valence-electron chi connectivity index (χ2n) is 7.55. The van der Waals surface area contributed by atoms with Crippen molar-refractivity contribution in [1.29, 1.82) is 0 Å². The van der Waals surface area contributed by atoms with Crippen molar-refractivity contribution < 1.29 is 36.6 Å². The molecule has 3 aromatic rings. The van der Waals surface area contributed by atoms with Crippen LogP contribution in [0, 0.1) is 5.82 Å². The van der Waals surface area contributed by atoms with E-state index in [4.69, 9.17) is 14.2 Å². The molecule has 36 heavy (non-hydrogen) atoms. The van der Waals surface area contributed by atoms with E-state index in [-0.39, 0.29) is 53.5 Å². The van der Waals surface area contributed by atoms with Crippen LogP contribution in [0.4, 0.5) is 9.52 Å². The minimum absolute atomic E-state index is 0.0525. The van der Waals surface area contributed by atoms with Crippen molar-refractivity contribution in [1.82, 2.24) is 9.29 Å². The number of thiazole rings is 1. The highest BCUT2D eigenvalue weighted by Gasteiger charge is 2.30. The van der Waals surface area contributed by atoms with Gasteiger partial charge in [-0.3, -0.25) is 10.1 Å². The number of ether oxygens (including phenoxy) is 3. The number of halogens is 1. The van der Waals surface area contributed by atoms with Gasteiger partial charge in [-0.1, -0.05) is 0 Å². The molecule has 0 saturated carbocycles. The number of anilines is 1. The zero-order valence-corrected chi connectivity index (χ0v) is 20.7. The van der Waals surface area contributed by atoms with Crippen molar-refractivity contribution in [2.45, 2.75) is 4.90 Å². The van der Waals surface area contributed by atoms with E-state index < -0.39 is 28.5 Å². The van der Waals surface area contributed by atoms with Gasteiger partial charge >= 0.3 is 5.97 Å². The molecule has 1 amide bonds. The van der Waals surface area contributed by atoms with Crippen molar-refractivity contribution in [3.05, 3.63) is 59.2 Å². The van der Waals surface area contributed by atoms with Gasteiger partial charge in [-0.2, -0.15) is 4.31 Å². The van der Waals surface area contributed by atoms with E-state index in [9.17, 15) is 22.4 Å². The number of aromatic nitrogens is 1. The maximum absolute atomic E-state index is 13.1. The Kier molecular flexibility index (Phi) is 7.94. The molecule has 1 aliphatic rings. The van der Waals surface area contributed by atoms with Crippen molar-refractivity contribution in [2.24, 2.45) is 0 Å². The highest BCUT2D eigenvalue weighted by Crippen LogP contribution is 2.29. The number of sulfonamides is 1. The van der Waals surface area contributed by atoms with E-state index in [1.807, 2.05) is 0 Å². The predicted molar refractivity (Wildman–Crippen MR) is 129 cm³/mol. The molecular weight excluding hydrogens is 513 g/mol. The molecule has 190 valence electrons. The summed E-state index contributed by atoms with van der Waals surface area (Å²) in [6.07, 6.45) is 0. The summed E-state index contributed by atoms with van der Waals surface area (Å²) in [7, 11) is -2.61. The normalized spacial score (nSPS) is 14.3. The Morgan fingerprint density at radius 3 is 2.58 bits per heavy atom. The quantitative estimate of drug-likeness (QED) is 0.437. The molecule has 0 bridgehead atoms. The number of nitrogens with one attached hydrogen (secondary N) is 1. The average molecular weight is 536 g/mol. The number of benzene rings is 2. The zero-order chi connectivity index (χ0) is 25.7. The first-order valence-electron chi connectivity index (χ1n) is 10.7.